The van der Waals surface area contributed by atoms with Crippen molar-refractivity contribution in [2.45, 2.75) is 6.42 Å². The van der Waals surface area contributed by atoms with Crippen LogP contribution in [-0.4, -0.2) is 24.3 Å². The summed E-state index contributed by atoms with van der Waals surface area (Å²) in [6, 6.07) is 16.2. The zero-order valence-electron chi connectivity index (χ0n) is 13.6. The van der Waals surface area contributed by atoms with Crippen LogP contribution in [0.4, 0.5) is 5.69 Å². The SMILES string of the molecule is CN(C)c1ccccc1C=Cc1nnc(Cc2cccc(Br)c2)o1. The first-order chi connectivity index (χ1) is 11.6. The summed E-state index contributed by atoms with van der Waals surface area (Å²) in [5, 5.41) is 8.21. The van der Waals surface area contributed by atoms with E-state index in [0.717, 1.165) is 21.3 Å². The molecule has 0 atom stereocenters. The molecule has 0 aliphatic rings. The minimum absolute atomic E-state index is 0.508. The fraction of sp³-hybridized carbons (Fsp3) is 0.158. The predicted molar refractivity (Wildman–Crippen MR) is 101 cm³/mol. The van der Waals surface area contributed by atoms with Gasteiger partial charge in [-0.15, -0.1) is 10.2 Å². The fourth-order valence-corrected chi connectivity index (χ4v) is 2.87. The maximum atomic E-state index is 5.71. The largest absolute Gasteiger partial charge is 0.421 e. The average molecular weight is 384 g/mol. The summed E-state index contributed by atoms with van der Waals surface area (Å²) in [6.45, 7) is 0. The van der Waals surface area contributed by atoms with Crippen LogP contribution in [0.15, 0.2) is 57.4 Å². The molecule has 0 amide bonds. The van der Waals surface area contributed by atoms with Gasteiger partial charge in [-0.3, -0.25) is 0 Å². The van der Waals surface area contributed by atoms with Gasteiger partial charge in [-0.1, -0.05) is 46.3 Å². The lowest BCUT2D eigenvalue weighted by Crippen LogP contribution is -2.09. The summed E-state index contributed by atoms with van der Waals surface area (Å²) in [4.78, 5) is 2.08. The van der Waals surface area contributed by atoms with Crippen LogP contribution in [-0.2, 0) is 6.42 Å². The van der Waals surface area contributed by atoms with Crippen molar-refractivity contribution in [3.05, 3.63) is 75.9 Å². The number of hydrogen-bond acceptors (Lipinski definition) is 4. The number of hydrogen-bond donors (Lipinski definition) is 0. The van der Waals surface area contributed by atoms with Gasteiger partial charge in [0.25, 0.3) is 0 Å². The second-order valence-electron chi connectivity index (χ2n) is 5.63. The van der Waals surface area contributed by atoms with Crippen molar-refractivity contribution in [2.75, 3.05) is 19.0 Å². The summed E-state index contributed by atoms with van der Waals surface area (Å²) in [5.74, 6) is 1.11. The van der Waals surface area contributed by atoms with Crippen LogP contribution >= 0.6 is 15.9 Å². The molecular weight excluding hydrogens is 366 g/mol. The molecule has 0 saturated carbocycles. The van der Waals surface area contributed by atoms with Gasteiger partial charge in [-0.2, -0.15) is 0 Å². The van der Waals surface area contributed by atoms with E-state index < -0.39 is 0 Å². The van der Waals surface area contributed by atoms with Gasteiger partial charge in [0, 0.05) is 30.3 Å². The van der Waals surface area contributed by atoms with E-state index in [-0.39, 0.29) is 0 Å². The monoisotopic (exact) mass is 383 g/mol. The number of aromatic nitrogens is 2. The van der Waals surface area contributed by atoms with Gasteiger partial charge in [0.05, 0.1) is 6.42 Å². The molecule has 122 valence electrons. The van der Waals surface area contributed by atoms with Crippen LogP contribution in [0.3, 0.4) is 0 Å². The van der Waals surface area contributed by atoms with E-state index >= 15 is 0 Å². The van der Waals surface area contributed by atoms with Crippen molar-refractivity contribution >= 4 is 33.8 Å². The molecular formula is C19H18BrN3O. The van der Waals surface area contributed by atoms with Crippen molar-refractivity contribution in [1.29, 1.82) is 0 Å². The zero-order valence-corrected chi connectivity index (χ0v) is 15.2. The Morgan fingerprint density at radius 2 is 1.88 bits per heavy atom. The Labute approximate surface area is 150 Å². The van der Waals surface area contributed by atoms with Crippen molar-refractivity contribution in [1.82, 2.24) is 10.2 Å². The van der Waals surface area contributed by atoms with Crippen LogP contribution in [0.25, 0.3) is 12.2 Å². The number of rotatable bonds is 5. The first-order valence-electron chi connectivity index (χ1n) is 7.63. The highest BCUT2D eigenvalue weighted by molar-refractivity contribution is 9.10. The van der Waals surface area contributed by atoms with E-state index in [1.165, 1.54) is 0 Å². The van der Waals surface area contributed by atoms with Gasteiger partial charge in [0.15, 0.2) is 0 Å². The van der Waals surface area contributed by atoms with Gasteiger partial charge in [-0.05, 0) is 35.4 Å². The van der Waals surface area contributed by atoms with E-state index in [4.69, 9.17) is 4.42 Å². The standard InChI is InChI=1S/C19H18BrN3O/c1-23(2)17-9-4-3-7-15(17)10-11-18-21-22-19(24-18)13-14-6-5-8-16(20)12-14/h3-12H,13H2,1-2H3. The van der Waals surface area contributed by atoms with E-state index in [1.54, 1.807) is 0 Å². The number of nitrogens with zero attached hydrogens (tertiary/aromatic N) is 3. The van der Waals surface area contributed by atoms with Crippen LogP contribution in [0.5, 0.6) is 0 Å². The molecule has 0 unspecified atom stereocenters. The molecule has 24 heavy (non-hydrogen) atoms. The second kappa shape index (κ2) is 7.45. The fourth-order valence-electron chi connectivity index (χ4n) is 2.42. The molecule has 0 saturated heterocycles. The third-order valence-electron chi connectivity index (χ3n) is 3.55. The maximum absolute atomic E-state index is 5.71. The zero-order chi connectivity index (χ0) is 16.9. The summed E-state index contributed by atoms with van der Waals surface area (Å²) < 4.78 is 6.75. The first kappa shape index (κ1) is 16.5. The molecule has 0 spiro atoms. The normalized spacial score (nSPS) is 11.1. The smallest absolute Gasteiger partial charge is 0.240 e. The van der Waals surface area contributed by atoms with E-state index in [2.05, 4.69) is 43.2 Å². The molecule has 4 nitrogen and oxygen atoms in total. The minimum Gasteiger partial charge on any atom is -0.421 e. The number of halogens is 1. The molecule has 5 heteroatoms. The second-order valence-corrected chi connectivity index (χ2v) is 6.54. The van der Waals surface area contributed by atoms with Crippen molar-refractivity contribution < 1.29 is 4.42 Å². The highest BCUT2D eigenvalue weighted by Gasteiger charge is 2.06. The van der Waals surface area contributed by atoms with Crippen LogP contribution < -0.4 is 4.90 Å². The third-order valence-corrected chi connectivity index (χ3v) is 4.04. The Hall–Kier alpha value is -2.40. The molecule has 0 bridgehead atoms. The molecule has 0 fully saturated rings. The van der Waals surface area contributed by atoms with Crippen molar-refractivity contribution in [3.63, 3.8) is 0 Å². The Morgan fingerprint density at radius 1 is 1.04 bits per heavy atom. The number of benzene rings is 2. The lowest BCUT2D eigenvalue weighted by Gasteiger charge is -2.14. The average Bonchev–Trinajstić information content (AvgIpc) is 3.00. The summed E-state index contributed by atoms with van der Waals surface area (Å²) in [6.07, 6.45) is 4.46. The van der Waals surface area contributed by atoms with Gasteiger partial charge in [0.1, 0.15) is 0 Å². The number of anilines is 1. The summed E-state index contributed by atoms with van der Waals surface area (Å²) in [7, 11) is 4.05. The van der Waals surface area contributed by atoms with Crippen LogP contribution in [0.1, 0.15) is 22.9 Å². The van der Waals surface area contributed by atoms with E-state index in [0.29, 0.717) is 18.2 Å². The highest BCUT2D eigenvalue weighted by atomic mass is 79.9. The molecule has 1 aromatic heterocycles. The van der Waals surface area contributed by atoms with Crippen molar-refractivity contribution in [2.24, 2.45) is 0 Å². The number of para-hydroxylation sites is 1. The summed E-state index contributed by atoms with van der Waals surface area (Å²) >= 11 is 3.47. The molecule has 3 aromatic rings. The van der Waals surface area contributed by atoms with Gasteiger partial charge in [0.2, 0.25) is 11.8 Å². The van der Waals surface area contributed by atoms with E-state index in [1.807, 2.05) is 62.6 Å². The molecule has 0 N–H and O–H groups in total. The third kappa shape index (κ3) is 4.11. The maximum Gasteiger partial charge on any atom is 0.240 e. The first-order valence-corrected chi connectivity index (χ1v) is 8.42. The van der Waals surface area contributed by atoms with Gasteiger partial charge in [-0.25, -0.2) is 0 Å². The predicted octanol–water partition coefficient (Wildman–Crippen LogP) is 4.66. The molecule has 3 rings (SSSR count). The lowest BCUT2D eigenvalue weighted by atomic mass is 10.1. The van der Waals surface area contributed by atoms with Crippen LogP contribution in [0, 0.1) is 0 Å². The molecule has 0 aliphatic carbocycles. The molecule has 2 aromatic carbocycles. The Bertz CT molecular complexity index is 855. The topological polar surface area (TPSA) is 42.2 Å². The molecule has 0 radical (unpaired) electrons. The highest BCUT2D eigenvalue weighted by Crippen LogP contribution is 2.20. The Morgan fingerprint density at radius 3 is 2.67 bits per heavy atom. The van der Waals surface area contributed by atoms with Gasteiger partial charge >= 0.3 is 0 Å². The molecule has 1 heterocycles. The Kier molecular flexibility index (Phi) is 5.11. The van der Waals surface area contributed by atoms with Crippen LogP contribution in [0.2, 0.25) is 0 Å². The summed E-state index contributed by atoms with van der Waals surface area (Å²) in [5.41, 5.74) is 3.37. The lowest BCUT2D eigenvalue weighted by molar-refractivity contribution is 0.496. The van der Waals surface area contributed by atoms with Crippen molar-refractivity contribution in [3.8, 4) is 0 Å². The Balaban J connectivity index is 1.74. The minimum atomic E-state index is 0.508. The quantitative estimate of drug-likeness (QED) is 0.642. The van der Waals surface area contributed by atoms with Gasteiger partial charge < -0.3 is 9.32 Å². The molecule has 0 aliphatic heterocycles. The van der Waals surface area contributed by atoms with E-state index in [9.17, 15) is 0 Å².